The zero-order valence-electron chi connectivity index (χ0n) is 16.6. The van der Waals surface area contributed by atoms with Crippen molar-refractivity contribution in [3.05, 3.63) is 60.9 Å². The second kappa shape index (κ2) is 10.3. The fourth-order valence-corrected chi connectivity index (χ4v) is 4.61. The maximum absolute atomic E-state index is 9.55. The van der Waals surface area contributed by atoms with Crippen molar-refractivity contribution in [1.29, 1.82) is 0 Å². The van der Waals surface area contributed by atoms with Gasteiger partial charge in [-0.25, -0.2) is 9.59 Å². The summed E-state index contributed by atoms with van der Waals surface area (Å²) in [5, 5.41) is 19.0. The van der Waals surface area contributed by atoms with E-state index in [0.29, 0.717) is 18.2 Å². The van der Waals surface area contributed by atoms with Crippen LogP contribution in [0.1, 0.15) is 12.8 Å². The van der Waals surface area contributed by atoms with Crippen molar-refractivity contribution < 1.29 is 19.8 Å². The minimum Gasteiger partial charge on any atom is -0.478 e. The number of rotatable bonds is 7. The Kier molecular flexibility index (Phi) is 7.48. The fourth-order valence-electron chi connectivity index (χ4n) is 3.75. The number of pyridine rings is 1. The molecule has 7 nitrogen and oxygen atoms in total. The monoisotopic (exact) mass is 427 g/mol. The van der Waals surface area contributed by atoms with Gasteiger partial charge >= 0.3 is 11.9 Å². The molecule has 8 heteroatoms. The first-order valence-corrected chi connectivity index (χ1v) is 10.5. The molecule has 2 aromatic rings. The largest absolute Gasteiger partial charge is 0.478 e. The second-order valence-electron chi connectivity index (χ2n) is 7.22. The Labute approximate surface area is 179 Å². The third-order valence-electron chi connectivity index (χ3n) is 4.99. The molecule has 3 atom stereocenters. The number of hydrogen-bond donors (Lipinski definition) is 3. The van der Waals surface area contributed by atoms with Crippen molar-refractivity contribution in [2.75, 3.05) is 18.5 Å². The van der Waals surface area contributed by atoms with E-state index >= 15 is 0 Å². The summed E-state index contributed by atoms with van der Waals surface area (Å²) >= 11 is 1.79. The molecule has 0 amide bonds. The van der Waals surface area contributed by atoms with Gasteiger partial charge in [0.05, 0.1) is 11.9 Å². The fraction of sp³-hybridized carbons (Fsp3) is 0.318. The summed E-state index contributed by atoms with van der Waals surface area (Å²) in [4.78, 5) is 28.7. The highest BCUT2D eigenvalue weighted by atomic mass is 32.2. The molecule has 3 unspecified atom stereocenters. The van der Waals surface area contributed by atoms with E-state index in [2.05, 4.69) is 51.6 Å². The zero-order valence-corrected chi connectivity index (χ0v) is 17.5. The third kappa shape index (κ3) is 6.08. The molecule has 0 spiro atoms. The predicted octanol–water partition coefficient (Wildman–Crippen LogP) is 3.13. The predicted molar refractivity (Wildman–Crippen MR) is 116 cm³/mol. The van der Waals surface area contributed by atoms with Crippen molar-refractivity contribution >= 4 is 29.4 Å². The smallest absolute Gasteiger partial charge is 0.328 e. The van der Waals surface area contributed by atoms with Gasteiger partial charge in [-0.2, -0.15) is 0 Å². The molecule has 2 heterocycles. The number of carboxylic acid groups (broad SMARTS) is 2. The Bertz CT molecular complexity index is 890. The van der Waals surface area contributed by atoms with E-state index in [4.69, 9.17) is 10.2 Å². The van der Waals surface area contributed by atoms with E-state index in [1.807, 2.05) is 19.4 Å². The topological polar surface area (TPSA) is 103 Å². The SMILES string of the molecule is CNCC1CC2CC2N1c1cncc(Sc2ccccc2)c1.O=C(O)C=CC(=O)O. The Balaban J connectivity index is 0.000000275. The summed E-state index contributed by atoms with van der Waals surface area (Å²) in [5.74, 6) is -1.61. The van der Waals surface area contributed by atoms with Gasteiger partial charge in [-0.3, -0.25) is 4.98 Å². The van der Waals surface area contributed by atoms with E-state index in [1.54, 1.807) is 11.8 Å². The molecule has 1 aliphatic heterocycles. The number of piperidine rings is 1. The standard InChI is InChI=1S/C18H21N3S.C4H4O4/c1-19-10-14-7-13-8-18(13)21(14)15-9-17(12-20-11-15)22-16-5-3-2-4-6-16;5-3(6)1-2-4(7)8/h2-6,9,11-14,18-19H,7-8,10H2,1H3;1-2H,(H,5,6)(H,7,8). The number of aliphatic carboxylic acids is 2. The highest BCUT2D eigenvalue weighted by molar-refractivity contribution is 7.99. The van der Waals surface area contributed by atoms with Gasteiger partial charge in [0.15, 0.2) is 0 Å². The van der Waals surface area contributed by atoms with Crippen LogP contribution < -0.4 is 10.2 Å². The van der Waals surface area contributed by atoms with Crippen LogP contribution in [0.2, 0.25) is 0 Å². The summed E-state index contributed by atoms with van der Waals surface area (Å²) in [6.07, 6.45) is 7.79. The van der Waals surface area contributed by atoms with Gasteiger partial charge in [0.2, 0.25) is 0 Å². The average molecular weight is 428 g/mol. The first kappa shape index (κ1) is 21.9. The van der Waals surface area contributed by atoms with Crippen molar-refractivity contribution in [2.45, 2.75) is 34.7 Å². The van der Waals surface area contributed by atoms with Crippen LogP contribution in [0.15, 0.2) is 70.7 Å². The number of hydrogen-bond acceptors (Lipinski definition) is 6. The van der Waals surface area contributed by atoms with Crippen LogP contribution in [-0.2, 0) is 9.59 Å². The Morgan fingerprint density at radius 3 is 2.47 bits per heavy atom. The molecule has 3 N–H and O–H groups in total. The highest BCUT2D eigenvalue weighted by Crippen LogP contribution is 2.49. The van der Waals surface area contributed by atoms with Gasteiger partial charge in [-0.05, 0) is 44.0 Å². The number of aromatic nitrogens is 1. The molecule has 30 heavy (non-hydrogen) atoms. The molecule has 1 saturated heterocycles. The maximum Gasteiger partial charge on any atom is 0.328 e. The first-order chi connectivity index (χ1) is 14.5. The van der Waals surface area contributed by atoms with Gasteiger partial charge in [0, 0.05) is 46.8 Å². The number of carboxylic acids is 2. The van der Waals surface area contributed by atoms with Gasteiger partial charge in [-0.15, -0.1) is 0 Å². The lowest BCUT2D eigenvalue weighted by molar-refractivity contribution is -0.134. The van der Waals surface area contributed by atoms with Crippen LogP contribution in [-0.4, -0.2) is 52.8 Å². The molecule has 0 radical (unpaired) electrons. The molecule has 1 aromatic heterocycles. The summed E-state index contributed by atoms with van der Waals surface area (Å²) < 4.78 is 0. The molecule has 1 saturated carbocycles. The first-order valence-electron chi connectivity index (χ1n) is 9.72. The molecule has 158 valence electrons. The van der Waals surface area contributed by atoms with Gasteiger partial charge in [0.25, 0.3) is 0 Å². The third-order valence-corrected chi connectivity index (χ3v) is 5.96. The summed E-state index contributed by atoms with van der Waals surface area (Å²) in [6.45, 7) is 1.06. The van der Waals surface area contributed by atoms with E-state index in [9.17, 15) is 9.59 Å². The van der Waals surface area contributed by atoms with Crippen LogP contribution in [0.3, 0.4) is 0 Å². The average Bonchev–Trinajstić information content (AvgIpc) is 3.38. The Hall–Kier alpha value is -2.84. The summed E-state index contributed by atoms with van der Waals surface area (Å²) in [6, 6.07) is 14.2. The number of nitrogens with one attached hydrogen (secondary N) is 1. The minimum atomic E-state index is -1.26. The summed E-state index contributed by atoms with van der Waals surface area (Å²) in [7, 11) is 2.04. The van der Waals surface area contributed by atoms with Crippen LogP contribution >= 0.6 is 11.8 Å². The molecule has 1 aromatic carbocycles. The lowest BCUT2D eigenvalue weighted by atomic mass is 10.1. The molecular weight excluding hydrogens is 402 g/mol. The molecule has 0 bridgehead atoms. The lowest BCUT2D eigenvalue weighted by Gasteiger charge is -2.29. The number of fused-ring (bicyclic) bond motifs is 1. The quantitative estimate of drug-likeness (QED) is 0.579. The Morgan fingerprint density at radius 1 is 1.13 bits per heavy atom. The maximum atomic E-state index is 9.55. The van der Waals surface area contributed by atoms with E-state index in [0.717, 1.165) is 18.5 Å². The molecule has 2 fully saturated rings. The van der Waals surface area contributed by atoms with E-state index < -0.39 is 11.9 Å². The Morgan fingerprint density at radius 2 is 1.83 bits per heavy atom. The molecule has 1 aliphatic carbocycles. The van der Waals surface area contributed by atoms with E-state index in [-0.39, 0.29) is 0 Å². The van der Waals surface area contributed by atoms with Crippen LogP contribution in [0, 0.1) is 5.92 Å². The number of nitrogens with zero attached hydrogens (tertiary/aromatic N) is 2. The number of anilines is 1. The number of benzene rings is 1. The van der Waals surface area contributed by atoms with E-state index in [1.165, 1.54) is 28.3 Å². The van der Waals surface area contributed by atoms with Crippen LogP contribution in [0.25, 0.3) is 0 Å². The van der Waals surface area contributed by atoms with Crippen molar-refractivity contribution in [1.82, 2.24) is 10.3 Å². The molecular formula is C22H25N3O4S. The van der Waals surface area contributed by atoms with Gasteiger partial charge in [-0.1, -0.05) is 30.0 Å². The van der Waals surface area contributed by atoms with Gasteiger partial charge < -0.3 is 20.4 Å². The van der Waals surface area contributed by atoms with Crippen molar-refractivity contribution in [2.24, 2.45) is 5.92 Å². The van der Waals surface area contributed by atoms with Crippen LogP contribution in [0.5, 0.6) is 0 Å². The van der Waals surface area contributed by atoms with Crippen molar-refractivity contribution in [3.63, 3.8) is 0 Å². The lowest BCUT2D eigenvalue weighted by Crippen LogP contribution is -2.39. The highest BCUT2D eigenvalue weighted by Gasteiger charge is 2.51. The summed E-state index contributed by atoms with van der Waals surface area (Å²) in [5.41, 5.74) is 1.28. The minimum absolute atomic E-state index is 0.558. The van der Waals surface area contributed by atoms with Gasteiger partial charge in [0.1, 0.15) is 0 Å². The van der Waals surface area contributed by atoms with Crippen molar-refractivity contribution in [3.8, 4) is 0 Å². The zero-order chi connectivity index (χ0) is 21.5. The number of likely N-dealkylation sites (N-methyl/N-ethyl adjacent to an activating group) is 1. The normalized spacial score (nSPS) is 21.6. The second-order valence-corrected chi connectivity index (χ2v) is 8.37. The number of carbonyl (C=O) groups is 2. The molecule has 2 aliphatic rings. The van der Waals surface area contributed by atoms with Crippen LogP contribution in [0.4, 0.5) is 5.69 Å². The molecule has 4 rings (SSSR count).